The molecule has 0 saturated heterocycles. The van der Waals surface area contributed by atoms with Crippen LogP contribution < -0.4 is 4.72 Å². The Morgan fingerprint density at radius 2 is 2.21 bits per heavy atom. The normalized spacial score (nSPS) is 11.6. The molecule has 0 fully saturated rings. The molecule has 0 radical (unpaired) electrons. The molecule has 0 bridgehead atoms. The van der Waals surface area contributed by atoms with Gasteiger partial charge in [-0.1, -0.05) is 12.1 Å². The second kappa shape index (κ2) is 6.25. The third-order valence-electron chi connectivity index (χ3n) is 2.55. The van der Waals surface area contributed by atoms with Crippen LogP contribution in [0.5, 0.6) is 0 Å². The molecule has 0 aliphatic rings. The Balaban J connectivity index is 2.01. The summed E-state index contributed by atoms with van der Waals surface area (Å²) in [5, 5.41) is 10.9. The van der Waals surface area contributed by atoms with Crippen molar-refractivity contribution in [2.24, 2.45) is 0 Å². The molecule has 0 atom stereocenters. The summed E-state index contributed by atoms with van der Waals surface area (Å²) in [5.74, 6) is 0. The van der Waals surface area contributed by atoms with Crippen LogP contribution in [-0.4, -0.2) is 25.1 Å². The Kier molecular flexibility index (Phi) is 4.65. The van der Waals surface area contributed by atoms with Gasteiger partial charge in [-0.05, 0) is 17.7 Å². The SMILES string of the molecule is O=S(=O)(NCCc1cscn1)c1cccc(CO)c1. The van der Waals surface area contributed by atoms with E-state index in [1.807, 2.05) is 5.38 Å². The fraction of sp³-hybridized carbons (Fsp3) is 0.250. The lowest BCUT2D eigenvalue weighted by molar-refractivity contribution is 0.281. The predicted molar refractivity (Wildman–Crippen MR) is 73.4 cm³/mol. The topological polar surface area (TPSA) is 79.3 Å². The first-order valence-electron chi connectivity index (χ1n) is 5.68. The van der Waals surface area contributed by atoms with E-state index >= 15 is 0 Å². The molecule has 2 N–H and O–H groups in total. The number of thiazole rings is 1. The molecular weight excluding hydrogens is 284 g/mol. The number of sulfonamides is 1. The van der Waals surface area contributed by atoms with Gasteiger partial charge in [0.1, 0.15) is 0 Å². The maximum absolute atomic E-state index is 12.0. The molecule has 19 heavy (non-hydrogen) atoms. The van der Waals surface area contributed by atoms with E-state index < -0.39 is 10.0 Å². The highest BCUT2D eigenvalue weighted by atomic mass is 32.2. The molecule has 7 heteroatoms. The third kappa shape index (κ3) is 3.84. The van der Waals surface area contributed by atoms with Crippen molar-refractivity contribution in [1.82, 2.24) is 9.71 Å². The zero-order chi connectivity index (χ0) is 13.7. The van der Waals surface area contributed by atoms with Gasteiger partial charge in [-0.3, -0.25) is 0 Å². The molecule has 0 aliphatic carbocycles. The van der Waals surface area contributed by atoms with Crippen LogP contribution in [0.1, 0.15) is 11.3 Å². The number of nitrogens with one attached hydrogen (secondary N) is 1. The summed E-state index contributed by atoms with van der Waals surface area (Å²) in [5.41, 5.74) is 3.16. The summed E-state index contributed by atoms with van der Waals surface area (Å²) >= 11 is 1.48. The Morgan fingerprint density at radius 3 is 2.89 bits per heavy atom. The molecule has 1 heterocycles. The van der Waals surface area contributed by atoms with Crippen LogP contribution in [0.2, 0.25) is 0 Å². The smallest absolute Gasteiger partial charge is 0.240 e. The van der Waals surface area contributed by atoms with E-state index in [9.17, 15) is 8.42 Å². The Labute approximate surface area is 116 Å². The Bertz CT molecular complexity index is 624. The number of aliphatic hydroxyl groups is 1. The monoisotopic (exact) mass is 298 g/mol. The van der Waals surface area contributed by atoms with Crippen LogP contribution >= 0.6 is 11.3 Å². The van der Waals surface area contributed by atoms with Gasteiger partial charge in [0, 0.05) is 18.3 Å². The molecule has 2 aromatic rings. The minimum Gasteiger partial charge on any atom is -0.392 e. The lowest BCUT2D eigenvalue weighted by atomic mass is 10.2. The molecule has 0 saturated carbocycles. The average molecular weight is 298 g/mol. The van der Waals surface area contributed by atoms with Crippen LogP contribution in [0, 0.1) is 0 Å². The first-order valence-corrected chi connectivity index (χ1v) is 8.11. The largest absolute Gasteiger partial charge is 0.392 e. The van der Waals surface area contributed by atoms with Gasteiger partial charge < -0.3 is 5.11 Å². The summed E-state index contributed by atoms with van der Waals surface area (Å²) in [4.78, 5) is 4.25. The minimum atomic E-state index is -3.53. The van der Waals surface area contributed by atoms with Crippen molar-refractivity contribution in [1.29, 1.82) is 0 Å². The summed E-state index contributed by atoms with van der Waals surface area (Å²) in [6, 6.07) is 6.25. The van der Waals surface area contributed by atoms with Crippen LogP contribution in [0.15, 0.2) is 40.1 Å². The van der Waals surface area contributed by atoms with E-state index in [-0.39, 0.29) is 11.5 Å². The van der Waals surface area contributed by atoms with Crippen molar-refractivity contribution in [2.45, 2.75) is 17.9 Å². The van der Waals surface area contributed by atoms with Crippen LogP contribution in [0.3, 0.4) is 0 Å². The van der Waals surface area contributed by atoms with Gasteiger partial charge in [-0.25, -0.2) is 18.1 Å². The lowest BCUT2D eigenvalue weighted by Gasteiger charge is -2.07. The molecule has 0 aliphatic heterocycles. The van der Waals surface area contributed by atoms with E-state index in [0.29, 0.717) is 18.5 Å². The van der Waals surface area contributed by atoms with Crippen molar-refractivity contribution in [3.8, 4) is 0 Å². The first-order chi connectivity index (χ1) is 9.12. The van der Waals surface area contributed by atoms with Gasteiger partial charge >= 0.3 is 0 Å². The maximum atomic E-state index is 12.0. The van der Waals surface area contributed by atoms with Gasteiger partial charge in [0.05, 0.1) is 22.7 Å². The van der Waals surface area contributed by atoms with Crippen LogP contribution in [-0.2, 0) is 23.1 Å². The number of nitrogens with zero attached hydrogens (tertiary/aromatic N) is 1. The summed E-state index contributed by atoms with van der Waals surface area (Å²) in [6.45, 7) is 0.123. The van der Waals surface area contributed by atoms with Gasteiger partial charge in [0.2, 0.25) is 10.0 Å². The number of aromatic nitrogens is 1. The zero-order valence-corrected chi connectivity index (χ0v) is 11.7. The van der Waals surface area contributed by atoms with Crippen LogP contribution in [0.4, 0.5) is 0 Å². The van der Waals surface area contributed by atoms with Gasteiger partial charge in [-0.15, -0.1) is 11.3 Å². The molecule has 2 rings (SSSR count). The van der Waals surface area contributed by atoms with Gasteiger partial charge in [-0.2, -0.15) is 0 Å². The Morgan fingerprint density at radius 1 is 1.37 bits per heavy atom. The van der Waals surface area contributed by atoms with E-state index in [1.54, 1.807) is 17.6 Å². The summed E-state index contributed by atoms with van der Waals surface area (Å²) < 4.78 is 26.6. The van der Waals surface area contributed by atoms with E-state index in [4.69, 9.17) is 5.11 Å². The molecule has 0 unspecified atom stereocenters. The third-order valence-corrected chi connectivity index (χ3v) is 4.64. The number of rotatable bonds is 6. The highest BCUT2D eigenvalue weighted by Gasteiger charge is 2.13. The Hall–Kier alpha value is -1.28. The van der Waals surface area contributed by atoms with Crippen molar-refractivity contribution >= 4 is 21.4 Å². The molecule has 1 aromatic heterocycles. The van der Waals surface area contributed by atoms with Crippen molar-refractivity contribution < 1.29 is 13.5 Å². The molecular formula is C12H14N2O3S2. The predicted octanol–water partition coefficient (Wildman–Crippen LogP) is 1.16. The zero-order valence-electron chi connectivity index (χ0n) is 10.1. The number of hydrogen-bond acceptors (Lipinski definition) is 5. The van der Waals surface area contributed by atoms with E-state index in [2.05, 4.69) is 9.71 Å². The minimum absolute atomic E-state index is 0.164. The fourth-order valence-electron chi connectivity index (χ4n) is 1.57. The second-order valence-electron chi connectivity index (χ2n) is 3.93. The average Bonchev–Trinajstić information content (AvgIpc) is 2.92. The summed E-state index contributed by atoms with van der Waals surface area (Å²) in [6.07, 6.45) is 0.558. The molecule has 5 nitrogen and oxygen atoms in total. The summed E-state index contributed by atoms with van der Waals surface area (Å²) in [7, 11) is -3.53. The standard InChI is InChI=1S/C12H14N2O3S2/c15-7-10-2-1-3-12(6-10)19(16,17)14-5-4-11-8-18-9-13-11/h1-3,6,8-9,14-15H,4-5,7H2. The van der Waals surface area contributed by atoms with Crippen molar-refractivity contribution in [2.75, 3.05) is 6.54 Å². The van der Waals surface area contributed by atoms with E-state index in [1.165, 1.54) is 23.5 Å². The molecule has 1 aromatic carbocycles. The van der Waals surface area contributed by atoms with Gasteiger partial charge in [0.25, 0.3) is 0 Å². The van der Waals surface area contributed by atoms with Crippen molar-refractivity contribution in [3.63, 3.8) is 0 Å². The van der Waals surface area contributed by atoms with Crippen LogP contribution in [0.25, 0.3) is 0 Å². The second-order valence-corrected chi connectivity index (χ2v) is 6.42. The maximum Gasteiger partial charge on any atom is 0.240 e. The number of benzene rings is 1. The first kappa shape index (κ1) is 14.1. The lowest BCUT2D eigenvalue weighted by Crippen LogP contribution is -2.26. The van der Waals surface area contributed by atoms with Crippen molar-refractivity contribution in [3.05, 3.63) is 46.4 Å². The molecule has 102 valence electrons. The molecule has 0 spiro atoms. The quantitative estimate of drug-likeness (QED) is 0.838. The highest BCUT2D eigenvalue weighted by molar-refractivity contribution is 7.89. The number of aliphatic hydroxyl groups excluding tert-OH is 1. The molecule has 0 amide bonds. The fourth-order valence-corrected chi connectivity index (χ4v) is 3.26. The number of hydrogen-bond donors (Lipinski definition) is 2. The van der Waals surface area contributed by atoms with Gasteiger partial charge in [0.15, 0.2) is 0 Å². The highest BCUT2D eigenvalue weighted by Crippen LogP contribution is 2.11. The van der Waals surface area contributed by atoms with E-state index in [0.717, 1.165) is 5.69 Å².